The molecule has 3 N–H and O–H groups in total. The SMILES string of the molecule is CC(=O)O[C@H]1C2C([C@@H]3[C@@H](O)[C@@H]4[C@H]([C@H](C)C(I)C5(I)OC(=O)[C@@](C)(O)[C@]45C)[C@@]3(C)[C@H]1OC(C)=O)[C@@H](O)C(=O)[C@H]1C[C@@H]3O[C@@H]3C[C@]21C. The Balaban J connectivity index is 1.49. The van der Waals surface area contributed by atoms with Crippen LogP contribution in [0.3, 0.4) is 0 Å². The van der Waals surface area contributed by atoms with Gasteiger partial charge in [0.15, 0.2) is 15.0 Å². The predicted octanol–water partition coefficient (Wildman–Crippen LogP) is 2.35. The molecule has 0 aromatic rings. The van der Waals surface area contributed by atoms with Crippen molar-refractivity contribution in [3.05, 3.63) is 0 Å². The van der Waals surface area contributed by atoms with Crippen LogP contribution in [0.4, 0.5) is 0 Å². The second-order valence-corrected chi connectivity index (χ2v) is 18.7. The molecule has 0 bridgehead atoms. The Hall–Kier alpha value is -0.620. The number of aliphatic hydroxyl groups excluding tert-OH is 2. The fourth-order valence-electron chi connectivity index (χ4n) is 12.1. The van der Waals surface area contributed by atoms with Crippen molar-refractivity contribution in [3.63, 3.8) is 0 Å². The van der Waals surface area contributed by atoms with Crippen LogP contribution in [0.5, 0.6) is 0 Å². The molecule has 45 heavy (non-hydrogen) atoms. The number of ketones is 1. The number of aliphatic hydroxyl groups is 3. The molecule has 2 aliphatic heterocycles. The third kappa shape index (κ3) is 3.72. The van der Waals surface area contributed by atoms with Crippen molar-refractivity contribution in [2.45, 2.75) is 111 Å². The molecule has 4 unspecified atom stereocenters. The first-order chi connectivity index (χ1) is 20.7. The van der Waals surface area contributed by atoms with Gasteiger partial charge in [-0.1, -0.05) is 50.3 Å². The number of rotatable bonds is 2. The third-order valence-corrected chi connectivity index (χ3v) is 19.2. The smallest absolute Gasteiger partial charge is 0.339 e. The lowest BCUT2D eigenvalue weighted by Gasteiger charge is -2.65. The quantitative estimate of drug-likeness (QED) is 0.123. The first-order valence-electron chi connectivity index (χ1n) is 15.9. The van der Waals surface area contributed by atoms with Crippen LogP contribution in [0, 0.1) is 57.7 Å². The summed E-state index contributed by atoms with van der Waals surface area (Å²) in [6.45, 7) is 11.7. The van der Waals surface area contributed by atoms with Crippen LogP contribution >= 0.6 is 45.2 Å². The van der Waals surface area contributed by atoms with E-state index in [0.29, 0.717) is 12.8 Å². The van der Waals surface area contributed by atoms with E-state index >= 15 is 0 Å². The van der Waals surface area contributed by atoms with Gasteiger partial charge in [0.1, 0.15) is 18.3 Å². The molecule has 11 nitrogen and oxygen atoms in total. The van der Waals surface area contributed by atoms with E-state index in [0.717, 1.165) is 0 Å². The second kappa shape index (κ2) is 9.75. The van der Waals surface area contributed by atoms with Crippen molar-refractivity contribution in [1.29, 1.82) is 0 Å². The normalized spacial score (nSPS) is 60.6. The molecule has 7 fully saturated rings. The molecule has 5 saturated carbocycles. The van der Waals surface area contributed by atoms with Crippen LogP contribution in [0.2, 0.25) is 0 Å². The Morgan fingerprint density at radius 2 is 1.58 bits per heavy atom. The number of carbonyl (C=O) groups is 4. The first kappa shape index (κ1) is 32.9. The van der Waals surface area contributed by atoms with Crippen LogP contribution in [-0.4, -0.2) is 88.8 Å². The van der Waals surface area contributed by atoms with E-state index < -0.39 is 103 Å². The van der Waals surface area contributed by atoms with E-state index in [1.807, 2.05) is 20.8 Å². The van der Waals surface area contributed by atoms with Crippen LogP contribution in [0.1, 0.15) is 61.3 Å². The highest BCUT2D eigenvalue weighted by Gasteiger charge is 2.86. The fraction of sp³-hybridized carbons (Fsp3) is 0.875. The summed E-state index contributed by atoms with van der Waals surface area (Å²) in [5.41, 5.74) is -5.26. The van der Waals surface area contributed by atoms with E-state index in [4.69, 9.17) is 18.9 Å². The summed E-state index contributed by atoms with van der Waals surface area (Å²) < 4.78 is 22.7. The number of epoxide rings is 1. The lowest BCUT2D eigenvalue weighted by Crippen LogP contribution is -2.72. The van der Waals surface area contributed by atoms with E-state index in [-0.39, 0.29) is 27.8 Å². The van der Waals surface area contributed by atoms with Crippen molar-refractivity contribution in [2.75, 3.05) is 0 Å². The van der Waals surface area contributed by atoms with Crippen LogP contribution in [0.25, 0.3) is 0 Å². The molecule has 13 heteroatoms. The van der Waals surface area contributed by atoms with E-state index in [1.165, 1.54) is 20.8 Å². The number of carbonyl (C=O) groups excluding carboxylic acids is 4. The number of esters is 3. The van der Waals surface area contributed by atoms with Gasteiger partial charge in [0, 0.05) is 48.9 Å². The maximum absolute atomic E-state index is 14.2. The van der Waals surface area contributed by atoms with Crippen molar-refractivity contribution in [2.24, 2.45) is 57.7 Å². The monoisotopic (exact) mass is 856 g/mol. The number of hydrogen-bond acceptors (Lipinski definition) is 11. The van der Waals surface area contributed by atoms with Crippen molar-refractivity contribution < 1.29 is 53.4 Å². The minimum Gasteiger partial charge on any atom is -0.458 e. The first-order valence-corrected chi connectivity index (χ1v) is 18.2. The summed E-state index contributed by atoms with van der Waals surface area (Å²) in [6.07, 6.45) is -4.01. The van der Waals surface area contributed by atoms with Gasteiger partial charge in [0.2, 0.25) is 0 Å². The van der Waals surface area contributed by atoms with Crippen molar-refractivity contribution in [3.8, 4) is 0 Å². The number of hydrogen-bond donors (Lipinski definition) is 3. The lowest BCUT2D eigenvalue weighted by atomic mass is 9.41. The summed E-state index contributed by atoms with van der Waals surface area (Å²) in [7, 11) is 0. The standard InChI is InChI=1S/C32H42I2O11/c1-10-17-20(30(6)31(7,41)27(40)45-32(30,34)25(10)33)23(39)18-16-19(24(42-11(2)35)26(29(17,18)5)43-12(3)36)28(4)9-15-14(44-15)8-13(28)21(37)22(16)38/h10,13-20,22-26,38-39,41H,8-9H2,1-7H3/t10-,13+,14-,15+,16?,17-,18+,19?,20-,22+,23+,24-,25?,26-,28-,29+,30-,31+,32?/m0/s1. The Morgan fingerprint density at radius 3 is 2.18 bits per heavy atom. The van der Waals surface area contributed by atoms with Crippen LogP contribution < -0.4 is 0 Å². The molecule has 2 heterocycles. The van der Waals surface area contributed by atoms with Crippen LogP contribution in [-0.2, 0) is 38.1 Å². The Labute approximate surface area is 289 Å². The van der Waals surface area contributed by atoms with Gasteiger partial charge in [0.25, 0.3) is 0 Å². The van der Waals surface area contributed by atoms with Gasteiger partial charge in [-0.15, -0.1) is 0 Å². The van der Waals surface area contributed by atoms with E-state index in [1.54, 1.807) is 6.92 Å². The average molecular weight is 856 g/mol. The molecule has 7 rings (SSSR count). The topological polar surface area (TPSA) is 169 Å². The summed E-state index contributed by atoms with van der Waals surface area (Å²) in [5, 5.41) is 36.7. The predicted molar refractivity (Wildman–Crippen MR) is 172 cm³/mol. The number of alkyl halides is 2. The summed E-state index contributed by atoms with van der Waals surface area (Å²) in [4.78, 5) is 53.3. The number of ether oxygens (including phenoxy) is 4. The molecular weight excluding hydrogens is 814 g/mol. The zero-order valence-electron chi connectivity index (χ0n) is 26.4. The van der Waals surface area contributed by atoms with Gasteiger partial charge in [-0.05, 0) is 59.6 Å². The zero-order chi connectivity index (χ0) is 33.1. The number of halogens is 2. The highest BCUT2D eigenvalue weighted by molar-refractivity contribution is 14.1. The molecule has 19 atom stereocenters. The largest absolute Gasteiger partial charge is 0.458 e. The Morgan fingerprint density at radius 1 is 0.956 bits per heavy atom. The molecule has 0 spiro atoms. The Bertz CT molecular complexity index is 1390. The second-order valence-electron chi connectivity index (χ2n) is 15.8. The average Bonchev–Trinajstić information content (AvgIpc) is 3.61. The maximum Gasteiger partial charge on any atom is 0.339 e. The molecular formula is C32H42I2O11. The Kier molecular flexibility index (Phi) is 7.13. The summed E-state index contributed by atoms with van der Waals surface area (Å²) >= 11 is 4.37. The maximum atomic E-state index is 14.2. The third-order valence-electron chi connectivity index (χ3n) is 14.0. The molecule has 250 valence electrons. The number of Topliss-reactive ketones (excluding diaryl/α,β-unsaturated/α-hetero) is 1. The van der Waals surface area contributed by atoms with Gasteiger partial charge in [-0.25, -0.2) is 4.79 Å². The molecule has 2 saturated heterocycles. The highest BCUT2D eigenvalue weighted by atomic mass is 127. The molecule has 0 aromatic heterocycles. The van der Waals surface area contributed by atoms with Gasteiger partial charge >= 0.3 is 17.9 Å². The van der Waals surface area contributed by atoms with Gasteiger partial charge in [-0.2, -0.15) is 0 Å². The van der Waals surface area contributed by atoms with Gasteiger partial charge < -0.3 is 34.3 Å². The van der Waals surface area contributed by atoms with Crippen molar-refractivity contribution in [1.82, 2.24) is 0 Å². The highest BCUT2D eigenvalue weighted by Crippen LogP contribution is 2.78. The molecule has 0 aromatic carbocycles. The minimum absolute atomic E-state index is 0.0682. The molecule has 0 radical (unpaired) electrons. The zero-order valence-corrected chi connectivity index (χ0v) is 30.7. The fourth-order valence-corrected chi connectivity index (χ4v) is 14.9. The minimum atomic E-state index is -1.99. The molecule has 0 amide bonds. The lowest BCUT2D eigenvalue weighted by molar-refractivity contribution is -0.261. The molecule has 7 aliphatic rings. The number of fused-ring (bicyclic) bond motifs is 10. The van der Waals surface area contributed by atoms with Crippen molar-refractivity contribution >= 4 is 68.9 Å². The van der Waals surface area contributed by atoms with Gasteiger partial charge in [-0.3, -0.25) is 14.4 Å². The van der Waals surface area contributed by atoms with E-state index in [9.17, 15) is 34.5 Å². The van der Waals surface area contributed by atoms with E-state index in [2.05, 4.69) is 45.2 Å². The summed E-state index contributed by atoms with van der Waals surface area (Å²) in [5.74, 6) is -6.75. The van der Waals surface area contributed by atoms with Gasteiger partial charge in [0.05, 0.1) is 27.7 Å². The summed E-state index contributed by atoms with van der Waals surface area (Å²) in [6, 6.07) is 0. The molecule has 5 aliphatic carbocycles. The van der Waals surface area contributed by atoms with Crippen LogP contribution in [0.15, 0.2) is 0 Å².